The van der Waals surface area contributed by atoms with Crippen molar-refractivity contribution >= 4 is 17.5 Å². The van der Waals surface area contributed by atoms with Crippen LogP contribution in [0.5, 0.6) is 0 Å². The maximum Gasteiger partial charge on any atom is 0.229 e. The van der Waals surface area contributed by atoms with Gasteiger partial charge >= 0.3 is 0 Å². The van der Waals surface area contributed by atoms with Gasteiger partial charge in [0.25, 0.3) is 0 Å². The molecule has 1 aromatic heterocycles. The van der Waals surface area contributed by atoms with Crippen LogP contribution < -0.4 is 10.2 Å². The molecule has 128 valence electrons. The van der Waals surface area contributed by atoms with E-state index in [-0.39, 0.29) is 0 Å². The van der Waals surface area contributed by atoms with Crippen LogP contribution in [0.2, 0.25) is 0 Å². The summed E-state index contributed by atoms with van der Waals surface area (Å²) in [5, 5.41) is 3.44. The molecular formula is C20H28N4. The van der Waals surface area contributed by atoms with E-state index in [1.54, 1.807) is 0 Å². The molecule has 4 nitrogen and oxygen atoms in total. The van der Waals surface area contributed by atoms with Crippen molar-refractivity contribution in [2.75, 3.05) is 23.3 Å². The largest absolute Gasteiger partial charge is 0.356 e. The van der Waals surface area contributed by atoms with Gasteiger partial charge in [0.2, 0.25) is 5.95 Å². The van der Waals surface area contributed by atoms with Crippen molar-refractivity contribution < 1.29 is 0 Å². The lowest BCUT2D eigenvalue weighted by Crippen LogP contribution is -2.25. The van der Waals surface area contributed by atoms with E-state index in [2.05, 4.69) is 59.4 Å². The topological polar surface area (TPSA) is 41.1 Å². The van der Waals surface area contributed by atoms with E-state index in [4.69, 9.17) is 4.98 Å². The molecule has 0 bridgehead atoms. The lowest BCUT2D eigenvalue weighted by molar-refractivity contribution is 0.726. The van der Waals surface area contributed by atoms with Crippen LogP contribution in [0.4, 0.5) is 17.5 Å². The molecule has 3 rings (SSSR count). The van der Waals surface area contributed by atoms with Gasteiger partial charge in [-0.1, -0.05) is 44.9 Å². The van der Waals surface area contributed by atoms with E-state index in [1.165, 1.54) is 31.2 Å². The predicted octanol–water partition coefficient (Wildman–Crippen LogP) is 5.03. The Hall–Kier alpha value is -2.10. The van der Waals surface area contributed by atoms with Gasteiger partial charge in [-0.3, -0.25) is 0 Å². The maximum absolute atomic E-state index is 4.80. The van der Waals surface area contributed by atoms with Gasteiger partial charge < -0.3 is 10.2 Å². The first-order valence-corrected chi connectivity index (χ1v) is 9.10. The van der Waals surface area contributed by atoms with Crippen molar-refractivity contribution in [1.29, 1.82) is 0 Å². The molecule has 1 aliphatic heterocycles. The number of aryl methyl sites for hydroxylation is 1. The second-order valence-corrected chi connectivity index (χ2v) is 6.96. The average molecular weight is 324 g/mol. The molecule has 1 fully saturated rings. The summed E-state index contributed by atoms with van der Waals surface area (Å²) in [6, 6.07) is 10.5. The number of benzene rings is 1. The molecule has 0 radical (unpaired) electrons. The number of anilines is 3. The van der Waals surface area contributed by atoms with Gasteiger partial charge in [0.15, 0.2) is 0 Å². The summed E-state index contributed by atoms with van der Waals surface area (Å²) >= 11 is 0. The second kappa shape index (κ2) is 7.65. The van der Waals surface area contributed by atoms with Crippen LogP contribution in [0.15, 0.2) is 30.3 Å². The molecule has 0 amide bonds. The molecular weight excluding hydrogens is 296 g/mol. The first-order valence-electron chi connectivity index (χ1n) is 9.10. The predicted molar refractivity (Wildman–Crippen MR) is 101 cm³/mol. The maximum atomic E-state index is 4.80. The summed E-state index contributed by atoms with van der Waals surface area (Å²) in [6.45, 7) is 8.65. The molecule has 1 aliphatic rings. The highest BCUT2D eigenvalue weighted by Crippen LogP contribution is 2.27. The number of hydrogen-bond acceptors (Lipinski definition) is 4. The zero-order valence-electron chi connectivity index (χ0n) is 15.0. The molecule has 1 saturated heterocycles. The molecule has 0 saturated carbocycles. The molecule has 2 aromatic rings. The summed E-state index contributed by atoms with van der Waals surface area (Å²) < 4.78 is 0. The molecule has 24 heavy (non-hydrogen) atoms. The van der Waals surface area contributed by atoms with Gasteiger partial charge in [0.05, 0.1) is 0 Å². The normalized spacial score (nSPS) is 15.4. The number of nitrogens with zero attached hydrogens (tertiary/aromatic N) is 3. The highest BCUT2D eigenvalue weighted by molar-refractivity contribution is 5.60. The van der Waals surface area contributed by atoms with Gasteiger partial charge in [0, 0.05) is 30.5 Å². The molecule has 0 unspecified atom stereocenters. The number of nitrogens with one attached hydrogen (secondary N) is 1. The lowest BCUT2D eigenvalue weighted by Gasteiger charge is -2.22. The summed E-state index contributed by atoms with van der Waals surface area (Å²) in [5.74, 6) is 2.21. The Kier molecular flexibility index (Phi) is 5.34. The van der Waals surface area contributed by atoms with Gasteiger partial charge in [-0.05, 0) is 37.3 Å². The first kappa shape index (κ1) is 16.7. The summed E-state index contributed by atoms with van der Waals surface area (Å²) in [6.07, 6.45) is 5.16. The molecule has 1 aromatic carbocycles. The Balaban J connectivity index is 1.86. The number of hydrogen-bond donors (Lipinski definition) is 1. The molecule has 4 heteroatoms. The minimum Gasteiger partial charge on any atom is -0.356 e. The molecule has 0 aliphatic carbocycles. The van der Waals surface area contributed by atoms with Crippen LogP contribution in [-0.2, 0) is 0 Å². The zero-order valence-corrected chi connectivity index (χ0v) is 15.0. The third-order valence-corrected chi connectivity index (χ3v) is 4.60. The average Bonchev–Trinajstić information content (AvgIpc) is 2.84. The highest BCUT2D eigenvalue weighted by atomic mass is 15.2. The fourth-order valence-electron chi connectivity index (χ4n) is 3.30. The van der Waals surface area contributed by atoms with Crippen molar-refractivity contribution in [1.82, 2.24) is 9.97 Å². The summed E-state index contributed by atoms with van der Waals surface area (Å²) in [4.78, 5) is 11.8. The first-order chi connectivity index (χ1) is 11.6. The van der Waals surface area contributed by atoms with Crippen molar-refractivity contribution in [2.45, 2.75) is 52.4 Å². The van der Waals surface area contributed by atoms with E-state index in [9.17, 15) is 0 Å². The van der Waals surface area contributed by atoms with Crippen molar-refractivity contribution in [3.05, 3.63) is 41.6 Å². The second-order valence-electron chi connectivity index (χ2n) is 6.96. The zero-order chi connectivity index (χ0) is 16.9. The van der Waals surface area contributed by atoms with Gasteiger partial charge in [-0.15, -0.1) is 0 Å². The fraction of sp³-hybridized carbons (Fsp3) is 0.500. The Morgan fingerprint density at radius 1 is 1.00 bits per heavy atom. The number of para-hydroxylation sites is 1. The highest BCUT2D eigenvalue weighted by Gasteiger charge is 2.14. The van der Waals surface area contributed by atoms with E-state index in [1.807, 2.05) is 6.92 Å². The van der Waals surface area contributed by atoms with Crippen LogP contribution in [0.3, 0.4) is 0 Å². The quantitative estimate of drug-likeness (QED) is 0.856. The number of rotatable bonds is 4. The minimum atomic E-state index is 0.462. The van der Waals surface area contributed by atoms with E-state index in [0.29, 0.717) is 11.9 Å². The molecule has 1 N–H and O–H groups in total. The van der Waals surface area contributed by atoms with Crippen molar-refractivity contribution in [3.8, 4) is 0 Å². The Morgan fingerprint density at radius 3 is 2.42 bits per heavy atom. The molecule has 0 atom stereocenters. The fourth-order valence-corrected chi connectivity index (χ4v) is 3.30. The SMILES string of the molecule is Cc1cc(N2CCCCCC2)nc(Nc2ccccc2C(C)C)n1. The summed E-state index contributed by atoms with van der Waals surface area (Å²) in [5.41, 5.74) is 3.40. The summed E-state index contributed by atoms with van der Waals surface area (Å²) in [7, 11) is 0. The molecule has 2 heterocycles. The third-order valence-electron chi connectivity index (χ3n) is 4.60. The van der Waals surface area contributed by atoms with E-state index in [0.717, 1.165) is 30.3 Å². The number of aromatic nitrogens is 2. The van der Waals surface area contributed by atoms with Crippen LogP contribution in [0.1, 0.15) is 56.7 Å². The Bertz CT molecular complexity index is 673. The van der Waals surface area contributed by atoms with Gasteiger partial charge in [0.1, 0.15) is 5.82 Å². The minimum absolute atomic E-state index is 0.462. The third kappa shape index (κ3) is 4.05. The lowest BCUT2D eigenvalue weighted by atomic mass is 10.0. The van der Waals surface area contributed by atoms with Gasteiger partial charge in [-0.25, -0.2) is 4.98 Å². The monoisotopic (exact) mass is 324 g/mol. The standard InChI is InChI=1S/C20H28N4/c1-15(2)17-10-6-7-11-18(17)22-20-21-16(3)14-19(23-20)24-12-8-4-5-9-13-24/h6-7,10-11,14-15H,4-5,8-9,12-13H2,1-3H3,(H,21,22,23). The van der Waals surface area contributed by atoms with Crippen LogP contribution in [-0.4, -0.2) is 23.1 Å². The van der Waals surface area contributed by atoms with Crippen molar-refractivity contribution in [3.63, 3.8) is 0 Å². The van der Waals surface area contributed by atoms with Crippen LogP contribution >= 0.6 is 0 Å². The Labute approximate surface area is 145 Å². The van der Waals surface area contributed by atoms with Crippen LogP contribution in [0, 0.1) is 6.92 Å². The smallest absolute Gasteiger partial charge is 0.229 e. The molecule has 0 spiro atoms. The van der Waals surface area contributed by atoms with E-state index >= 15 is 0 Å². The van der Waals surface area contributed by atoms with E-state index < -0.39 is 0 Å². The Morgan fingerprint density at radius 2 is 1.71 bits per heavy atom. The van der Waals surface area contributed by atoms with Crippen molar-refractivity contribution in [2.24, 2.45) is 0 Å². The van der Waals surface area contributed by atoms with Gasteiger partial charge in [-0.2, -0.15) is 4.98 Å². The van der Waals surface area contributed by atoms with Crippen LogP contribution in [0.25, 0.3) is 0 Å².